The zero-order chi connectivity index (χ0) is 18.0. The van der Waals surface area contributed by atoms with Crippen molar-refractivity contribution < 1.29 is 22.7 Å². The molecule has 0 aliphatic rings. The van der Waals surface area contributed by atoms with Crippen LogP contribution < -0.4 is 5.32 Å². The second-order valence-electron chi connectivity index (χ2n) is 6.13. The standard InChI is InChI=1S/C16H17F3N2O2S/c1-15(2,3)23-14(22)21-12-9-24-13(20-12)8-10-5-4-6-11(7-10)16(17,18)19/h4-7,9H,8H2,1-3H3,(H,21,22). The number of aromatic nitrogens is 1. The third-order valence-corrected chi connectivity index (χ3v) is 3.64. The number of halogens is 3. The van der Waals surface area contributed by atoms with E-state index in [4.69, 9.17) is 4.74 Å². The van der Waals surface area contributed by atoms with E-state index in [9.17, 15) is 18.0 Å². The summed E-state index contributed by atoms with van der Waals surface area (Å²) in [6, 6.07) is 5.10. The quantitative estimate of drug-likeness (QED) is 0.830. The molecule has 2 aromatic rings. The summed E-state index contributed by atoms with van der Waals surface area (Å²) in [6.45, 7) is 5.23. The number of thiazole rings is 1. The number of amides is 1. The molecule has 0 saturated heterocycles. The van der Waals surface area contributed by atoms with E-state index in [1.807, 2.05) is 0 Å². The molecule has 1 N–H and O–H groups in total. The zero-order valence-electron chi connectivity index (χ0n) is 13.4. The molecule has 0 aliphatic carbocycles. The smallest absolute Gasteiger partial charge is 0.416 e. The Morgan fingerprint density at radius 1 is 1.29 bits per heavy atom. The number of anilines is 1. The van der Waals surface area contributed by atoms with E-state index in [2.05, 4.69) is 10.3 Å². The van der Waals surface area contributed by atoms with Crippen LogP contribution in [0.5, 0.6) is 0 Å². The Labute approximate surface area is 141 Å². The van der Waals surface area contributed by atoms with E-state index < -0.39 is 23.4 Å². The van der Waals surface area contributed by atoms with Gasteiger partial charge in [-0.1, -0.05) is 18.2 Å². The zero-order valence-corrected chi connectivity index (χ0v) is 14.2. The maximum Gasteiger partial charge on any atom is 0.416 e. The second-order valence-corrected chi connectivity index (χ2v) is 7.07. The Morgan fingerprint density at radius 3 is 2.62 bits per heavy atom. The predicted octanol–water partition coefficient (Wildman–Crippen LogP) is 5.10. The second kappa shape index (κ2) is 6.80. The minimum Gasteiger partial charge on any atom is -0.444 e. The van der Waals surface area contributed by atoms with Gasteiger partial charge in [0.1, 0.15) is 11.4 Å². The lowest BCUT2D eigenvalue weighted by Crippen LogP contribution is -2.27. The molecule has 0 atom stereocenters. The highest BCUT2D eigenvalue weighted by Crippen LogP contribution is 2.30. The van der Waals surface area contributed by atoms with Gasteiger partial charge in [0.15, 0.2) is 0 Å². The Balaban J connectivity index is 2.03. The summed E-state index contributed by atoms with van der Waals surface area (Å²) in [5, 5.41) is 4.71. The van der Waals surface area contributed by atoms with Gasteiger partial charge in [-0.2, -0.15) is 13.2 Å². The monoisotopic (exact) mass is 358 g/mol. The number of benzene rings is 1. The number of ether oxygens (including phenoxy) is 1. The van der Waals surface area contributed by atoms with E-state index in [0.29, 0.717) is 16.4 Å². The maximum absolute atomic E-state index is 12.7. The molecule has 0 unspecified atom stereocenters. The molecule has 1 amide bonds. The molecule has 0 fully saturated rings. The minimum atomic E-state index is -4.37. The number of carbonyl (C=O) groups excluding carboxylic acids is 1. The minimum absolute atomic E-state index is 0.255. The number of rotatable bonds is 3. The van der Waals surface area contributed by atoms with Gasteiger partial charge in [0, 0.05) is 11.8 Å². The normalized spacial score (nSPS) is 12.1. The molecule has 24 heavy (non-hydrogen) atoms. The largest absolute Gasteiger partial charge is 0.444 e. The topological polar surface area (TPSA) is 51.2 Å². The molecular weight excluding hydrogens is 341 g/mol. The highest BCUT2D eigenvalue weighted by atomic mass is 32.1. The van der Waals surface area contributed by atoms with Crippen LogP contribution in [0.2, 0.25) is 0 Å². The van der Waals surface area contributed by atoms with E-state index >= 15 is 0 Å². The lowest BCUT2D eigenvalue weighted by molar-refractivity contribution is -0.137. The van der Waals surface area contributed by atoms with Crippen molar-refractivity contribution in [2.75, 3.05) is 5.32 Å². The molecule has 1 heterocycles. The molecule has 0 bridgehead atoms. The lowest BCUT2D eigenvalue weighted by Gasteiger charge is -2.19. The van der Waals surface area contributed by atoms with Crippen LogP contribution in [0.1, 0.15) is 36.9 Å². The van der Waals surface area contributed by atoms with Crippen LogP contribution in [0.3, 0.4) is 0 Å². The van der Waals surface area contributed by atoms with Gasteiger partial charge in [-0.05, 0) is 32.4 Å². The Hall–Kier alpha value is -2.09. The third kappa shape index (κ3) is 5.52. The average Bonchev–Trinajstić information content (AvgIpc) is 2.83. The molecule has 4 nitrogen and oxygen atoms in total. The summed E-state index contributed by atoms with van der Waals surface area (Å²) >= 11 is 1.26. The molecule has 2 rings (SSSR count). The molecule has 8 heteroatoms. The first-order valence-corrected chi connectivity index (χ1v) is 8.01. The van der Waals surface area contributed by atoms with E-state index in [1.165, 1.54) is 17.4 Å². The molecular formula is C16H17F3N2O2S. The SMILES string of the molecule is CC(C)(C)OC(=O)Nc1csc(Cc2cccc(C(F)(F)F)c2)n1. The predicted molar refractivity (Wildman–Crippen MR) is 86.2 cm³/mol. The van der Waals surface area contributed by atoms with Crippen LogP contribution in [0, 0.1) is 0 Å². The van der Waals surface area contributed by atoms with Gasteiger partial charge in [0.25, 0.3) is 0 Å². The highest BCUT2D eigenvalue weighted by Gasteiger charge is 2.30. The molecule has 0 saturated carbocycles. The van der Waals surface area contributed by atoms with Gasteiger partial charge in [-0.25, -0.2) is 9.78 Å². The fourth-order valence-electron chi connectivity index (χ4n) is 1.89. The molecule has 1 aromatic heterocycles. The van der Waals surface area contributed by atoms with Crippen LogP contribution in [0.25, 0.3) is 0 Å². The number of hydrogen-bond donors (Lipinski definition) is 1. The van der Waals surface area contributed by atoms with Gasteiger partial charge in [0.2, 0.25) is 0 Å². The van der Waals surface area contributed by atoms with Crippen molar-refractivity contribution in [3.8, 4) is 0 Å². The van der Waals surface area contributed by atoms with Gasteiger partial charge in [-0.15, -0.1) is 11.3 Å². The van der Waals surface area contributed by atoms with Crippen LogP contribution in [0.15, 0.2) is 29.6 Å². The molecule has 130 valence electrons. The van der Waals surface area contributed by atoms with Gasteiger partial charge < -0.3 is 4.74 Å². The van der Waals surface area contributed by atoms with Crippen molar-refractivity contribution >= 4 is 23.2 Å². The van der Waals surface area contributed by atoms with E-state index in [0.717, 1.165) is 12.1 Å². The first-order chi connectivity index (χ1) is 11.0. The molecule has 0 aliphatic heterocycles. The van der Waals surface area contributed by atoms with Crippen LogP contribution in [0.4, 0.5) is 23.8 Å². The van der Waals surface area contributed by atoms with Gasteiger partial charge in [0.05, 0.1) is 10.6 Å². The Morgan fingerprint density at radius 2 is 2.00 bits per heavy atom. The van der Waals surface area contributed by atoms with Crippen molar-refractivity contribution in [2.45, 2.75) is 39.0 Å². The number of carbonyl (C=O) groups is 1. The summed E-state index contributed by atoms with van der Waals surface area (Å²) in [7, 11) is 0. The number of hydrogen-bond acceptors (Lipinski definition) is 4. The molecule has 0 spiro atoms. The third-order valence-electron chi connectivity index (χ3n) is 2.79. The fourth-order valence-corrected chi connectivity index (χ4v) is 2.65. The van der Waals surface area contributed by atoms with Crippen molar-refractivity contribution in [3.63, 3.8) is 0 Å². The fraction of sp³-hybridized carbons (Fsp3) is 0.375. The number of nitrogens with one attached hydrogen (secondary N) is 1. The summed E-state index contributed by atoms with van der Waals surface area (Å²) in [6.07, 6.45) is -4.74. The summed E-state index contributed by atoms with van der Waals surface area (Å²) in [5.41, 5.74) is -0.812. The summed E-state index contributed by atoms with van der Waals surface area (Å²) < 4.78 is 43.3. The van der Waals surface area contributed by atoms with E-state index in [1.54, 1.807) is 32.2 Å². The lowest BCUT2D eigenvalue weighted by atomic mass is 10.1. The van der Waals surface area contributed by atoms with Crippen LogP contribution in [-0.4, -0.2) is 16.7 Å². The van der Waals surface area contributed by atoms with Crippen LogP contribution in [-0.2, 0) is 17.3 Å². The summed E-state index contributed by atoms with van der Waals surface area (Å²) in [4.78, 5) is 15.8. The van der Waals surface area contributed by atoms with Gasteiger partial charge in [-0.3, -0.25) is 5.32 Å². The van der Waals surface area contributed by atoms with E-state index in [-0.39, 0.29) is 6.42 Å². The summed E-state index contributed by atoms with van der Waals surface area (Å²) in [5.74, 6) is 0.316. The number of nitrogens with zero attached hydrogens (tertiary/aromatic N) is 1. The first-order valence-electron chi connectivity index (χ1n) is 7.13. The van der Waals surface area contributed by atoms with Gasteiger partial charge >= 0.3 is 12.3 Å². The Bertz CT molecular complexity index is 721. The van der Waals surface area contributed by atoms with Crippen molar-refractivity contribution in [2.24, 2.45) is 0 Å². The highest BCUT2D eigenvalue weighted by molar-refractivity contribution is 7.10. The van der Waals surface area contributed by atoms with Crippen molar-refractivity contribution in [3.05, 3.63) is 45.8 Å². The van der Waals surface area contributed by atoms with Crippen molar-refractivity contribution in [1.82, 2.24) is 4.98 Å². The number of alkyl halides is 3. The maximum atomic E-state index is 12.7. The molecule has 1 aromatic carbocycles. The van der Waals surface area contributed by atoms with Crippen molar-refractivity contribution in [1.29, 1.82) is 0 Å². The average molecular weight is 358 g/mol. The first kappa shape index (κ1) is 18.3. The van der Waals surface area contributed by atoms with Crippen LogP contribution >= 0.6 is 11.3 Å². The molecule has 0 radical (unpaired) electrons. The Kier molecular flexibility index (Phi) is 5.17.